The van der Waals surface area contributed by atoms with Crippen LogP contribution < -0.4 is 4.31 Å². The number of rotatable bonds is 6. The van der Waals surface area contributed by atoms with Crippen molar-refractivity contribution in [2.75, 3.05) is 16.6 Å². The van der Waals surface area contributed by atoms with E-state index >= 15 is 0 Å². The Bertz CT molecular complexity index is 1070. The molecule has 0 bridgehead atoms. The van der Waals surface area contributed by atoms with Gasteiger partial charge in [-0.2, -0.15) is 4.31 Å². The van der Waals surface area contributed by atoms with E-state index in [0.29, 0.717) is 0 Å². The van der Waals surface area contributed by atoms with Gasteiger partial charge in [0.15, 0.2) is 0 Å². The van der Waals surface area contributed by atoms with Gasteiger partial charge in [-0.1, -0.05) is 44.2 Å². The maximum atomic E-state index is 13.0. The molecule has 3 rings (SSSR count). The summed E-state index contributed by atoms with van der Waals surface area (Å²) in [6.07, 6.45) is 0. The van der Waals surface area contributed by atoms with E-state index < -0.39 is 31.9 Å². The highest BCUT2D eigenvalue weighted by molar-refractivity contribution is 7.94. The fraction of sp³-hybridized carbons (Fsp3) is 0.316. The van der Waals surface area contributed by atoms with Crippen LogP contribution in [0.4, 0.5) is 5.69 Å². The Morgan fingerprint density at radius 1 is 1.07 bits per heavy atom. The summed E-state index contributed by atoms with van der Waals surface area (Å²) in [6.45, 7) is 3.83. The van der Waals surface area contributed by atoms with Gasteiger partial charge in [0, 0.05) is 13.1 Å². The minimum Gasteiger partial charge on any atom is -0.273 e. The number of hydrogen-bond donors (Lipinski definition) is 0. The molecule has 0 spiro atoms. The number of anilines is 1. The number of carbonyl (C=O) groups excluding carboxylic acids is 1. The molecule has 0 N–H and O–H groups in total. The molecule has 1 fully saturated rings. The average molecular weight is 423 g/mol. The van der Waals surface area contributed by atoms with Crippen LogP contribution in [0, 0.1) is 5.92 Å². The van der Waals surface area contributed by atoms with Gasteiger partial charge in [-0.25, -0.2) is 21.1 Å². The van der Waals surface area contributed by atoms with Gasteiger partial charge in [0.2, 0.25) is 26.0 Å². The molecule has 0 unspecified atom stereocenters. The Morgan fingerprint density at radius 2 is 1.68 bits per heavy atom. The van der Waals surface area contributed by atoms with Gasteiger partial charge in [0.05, 0.1) is 22.3 Å². The molecule has 150 valence electrons. The maximum absolute atomic E-state index is 13.0. The molecule has 0 saturated carbocycles. The Kier molecular flexibility index (Phi) is 5.60. The van der Waals surface area contributed by atoms with Crippen LogP contribution >= 0.6 is 0 Å². The van der Waals surface area contributed by atoms with Crippen molar-refractivity contribution in [1.29, 1.82) is 0 Å². The Balaban J connectivity index is 1.88. The van der Waals surface area contributed by atoms with Crippen LogP contribution in [0.2, 0.25) is 0 Å². The first-order valence-electron chi connectivity index (χ1n) is 8.88. The van der Waals surface area contributed by atoms with Crippen LogP contribution in [-0.4, -0.2) is 39.3 Å². The van der Waals surface area contributed by atoms with E-state index in [4.69, 9.17) is 0 Å². The van der Waals surface area contributed by atoms with Crippen molar-refractivity contribution in [3.05, 3.63) is 60.2 Å². The van der Waals surface area contributed by atoms with Gasteiger partial charge in [-0.15, -0.1) is 0 Å². The molecule has 0 radical (unpaired) electrons. The summed E-state index contributed by atoms with van der Waals surface area (Å²) in [5, 5.41) is 0. The summed E-state index contributed by atoms with van der Waals surface area (Å²) in [7, 11) is -7.49. The number of nitrogens with zero attached hydrogens (tertiary/aromatic N) is 2. The topological polar surface area (TPSA) is 91.8 Å². The predicted molar refractivity (Wildman–Crippen MR) is 107 cm³/mol. The maximum Gasteiger partial charge on any atom is 0.244 e. The van der Waals surface area contributed by atoms with E-state index in [-0.39, 0.29) is 29.4 Å². The smallest absolute Gasteiger partial charge is 0.244 e. The Hall–Kier alpha value is -2.23. The molecule has 1 atom stereocenters. The van der Waals surface area contributed by atoms with Crippen molar-refractivity contribution < 1.29 is 21.6 Å². The first-order chi connectivity index (χ1) is 13.2. The highest BCUT2D eigenvalue weighted by Crippen LogP contribution is 2.29. The zero-order valence-corrected chi connectivity index (χ0v) is 17.3. The number of hydrogen-bond acceptors (Lipinski definition) is 5. The molecule has 2 aromatic carbocycles. The predicted octanol–water partition coefficient (Wildman–Crippen LogP) is 2.21. The van der Waals surface area contributed by atoms with Crippen molar-refractivity contribution in [1.82, 2.24) is 4.31 Å². The lowest BCUT2D eigenvalue weighted by atomic mass is 10.2. The van der Waals surface area contributed by atoms with Crippen LogP contribution in [-0.2, 0) is 31.4 Å². The average Bonchev–Trinajstić information content (AvgIpc) is 2.87. The third-order valence-corrected chi connectivity index (χ3v) is 8.43. The normalized spacial score (nSPS) is 19.3. The second kappa shape index (κ2) is 7.65. The van der Waals surface area contributed by atoms with Crippen LogP contribution in [0.5, 0.6) is 0 Å². The van der Waals surface area contributed by atoms with Gasteiger partial charge >= 0.3 is 0 Å². The molecule has 1 saturated heterocycles. The fourth-order valence-corrected chi connectivity index (χ4v) is 6.40. The van der Waals surface area contributed by atoms with Crippen LogP contribution in [0.25, 0.3) is 0 Å². The van der Waals surface area contributed by atoms with E-state index in [2.05, 4.69) is 0 Å². The summed E-state index contributed by atoms with van der Waals surface area (Å²) in [5.74, 6) is -1.36. The van der Waals surface area contributed by atoms with Crippen LogP contribution in [0.3, 0.4) is 0 Å². The number of benzene rings is 2. The number of sulfonamides is 2. The number of amides is 1. The van der Waals surface area contributed by atoms with Crippen molar-refractivity contribution in [2.45, 2.75) is 25.3 Å². The molecule has 1 aliphatic rings. The molecular weight excluding hydrogens is 400 g/mol. The standard InChI is InChI=1S/C19H22N2O5S2/c1-3-20(13-16-7-5-4-6-8-16)28(25,26)18-11-9-17(10-12-18)21-19(22)15(2)14-27(21,23)24/h4-12,15H,3,13-14H2,1-2H3/t15-/m0/s1. The fourth-order valence-electron chi connectivity index (χ4n) is 3.14. The third kappa shape index (κ3) is 3.82. The first-order valence-corrected chi connectivity index (χ1v) is 11.9. The monoisotopic (exact) mass is 422 g/mol. The molecule has 1 heterocycles. The summed E-state index contributed by atoms with van der Waals surface area (Å²) >= 11 is 0. The van der Waals surface area contributed by atoms with E-state index in [9.17, 15) is 21.6 Å². The summed E-state index contributed by atoms with van der Waals surface area (Å²) in [4.78, 5) is 12.2. The zero-order valence-electron chi connectivity index (χ0n) is 15.6. The lowest BCUT2D eigenvalue weighted by Crippen LogP contribution is -2.31. The van der Waals surface area contributed by atoms with Gasteiger partial charge in [0.25, 0.3) is 0 Å². The van der Waals surface area contributed by atoms with E-state index in [0.717, 1.165) is 9.87 Å². The van der Waals surface area contributed by atoms with Gasteiger partial charge < -0.3 is 0 Å². The third-order valence-electron chi connectivity index (χ3n) is 4.62. The SMILES string of the molecule is CCN(Cc1ccccc1)S(=O)(=O)c1ccc(N2C(=O)[C@@H](C)CS2(=O)=O)cc1. The van der Waals surface area contributed by atoms with Crippen molar-refractivity contribution in [2.24, 2.45) is 5.92 Å². The molecule has 0 aromatic heterocycles. The summed E-state index contributed by atoms with van der Waals surface area (Å²) in [5.41, 5.74) is 1.02. The summed E-state index contributed by atoms with van der Waals surface area (Å²) in [6, 6.07) is 14.7. The molecule has 28 heavy (non-hydrogen) atoms. The van der Waals surface area contributed by atoms with E-state index in [1.807, 2.05) is 30.3 Å². The molecule has 7 nitrogen and oxygen atoms in total. The van der Waals surface area contributed by atoms with Crippen molar-refractivity contribution in [3.63, 3.8) is 0 Å². The molecule has 1 aliphatic heterocycles. The molecule has 0 aliphatic carbocycles. The first kappa shape index (κ1) is 20.5. The van der Waals surface area contributed by atoms with Crippen LogP contribution in [0.15, 0.2) is 59.5 Å². The lowest BCUT2D eigenvalue weighted by molar-refractivity contribution is -0.119. The highest BCUT2D eigenvalue weighted by Gasteiger charge is 2.42. The number of carbonyl (C=O) groups is 1. The van der Waals surface area contributed by atoms with Gasteiger partial charge in [0.1, 0.15) is 0 Å². The molecule has 9 heteroatoms. The van der Waals surface area contributed by atoms with E-state index in [1.165, 1.54) is 28.6 Å². The Morgan fingerprint density at radius 3 is 2.18 bits per heavy atom. The minimum absolute atomic E-state index is 0.0473. The van der Waals surface area contributed by atoms with Crippen molar-refractivity contribution in [3.8, 4) is 0 Å². The van der Waals surface area contributed by atoms with E-state index in [1.54, 1.807) is 13.8 Å². The van der Waals surface area contributed by atoms with Gasteiger partial charge in [-0.05, 0) is 29.8 Å². The molecule has 2 aromatic rings. The largest absolute Gasteiger partial charge is 0.273 e. The van der Waals surface area contributed by atoms with Crippen molar-refractivity contribution >= 4 is 31.6 Å². The van der Waals surface area contributed by atoms with Crippen LogP contribution in [0.1, 0.15) is 19.4 Å². The van der Waals surface area contributed by atoms with Gasteiger partial charge in [-0.3, -0.25) is 4.79 Å². The molecule has 1 amide bonds. The second-order valence-corrected chi connectivity index (χ2v) is 10.5. The summed E-state index contributed by atoms with van der Waals surface area (Å²) < 4.78 is 52.4. The molecular formula is C19H22N2O5S2. The minimum atomic E-state index is -3.76. The lowest BCUT2D eigenvalue weighted by Gasteiger charge is -2.21. The highest BCUT2D eigenvalue weighted by atomic mass is 32.2. The zero-order chi connectivity index (χ0) is 20.5. The second-order valence-electron chi connectivity index (χ2n) is 6.69. The quantitative estimate of drug-likeness (QED) is 0.712. The Labute approximate surface area is 165 Å².